The number of nitrogens with zero attached hydrogens (tertiary/aromatic N) is 2. The van der Waals surface area contributed by atoms with Crippen LogP contribution < -0.4 is 5.32 Å². The lowest BCUT2D eigenvalue weighted by Gasteiger charge is -2.33. The van der Waals surface area contributed by atoms with Gasteiger partial charge in [0.05, 0.1) is 7.11 Å². The summed E-state index contributed by atoms with van der Waals surface area (Å²) in [5.41, 5.74) is -0.582. The first-order chi connectivity index (χ1) is 9.42. The monoisotopic (exact) mass is 285 g/mol. The topological polar surface area (TPSA) is 44.8 Å². The molecule has 0 aromatic rings. The smallest absolute Gasteiger partial charge is 0.325 e. The van der Waals surface area contributed by atoms with Crippen molar-refractivity contribution in [3.8, 4) is 0 Å². The fourth-order valence-corrected chi connectivity index (χ4v) is 3.00. The molecule has 0 aromatic carbocycles. The Bertz CT molecular complexity index is 311. The van der Waals surface area contributed by atoms with E-state index in [1.54, 1.807) is 0 Å². The van der Waals surface area contributed by atoms with Crippen LogP contribution in [0.5, 0.6) is 0 Å². The Balaban J connectivity index is 2.59. The fraction of sp³-hybridized carbons (Fsp3) is 0.933. The molecule has 5 nitrogen and oxygen atoms in total. The van der Waals surface area contributed by atoms with Gasteiger partial charge < -0.3 is 15.0 Å². The Kier molecular flexibility index (Phi) is 6.92. The van der Waals surface area contributed by atoms with E-state index in [4.69, 9.17) is 4.74 Å². The number of likely N-dealkylation sites (N-methyl/N-ethyl adjacent to an activating group) is 2. The van der Waals surface area contributed by atoms with Gasteiger partial charge in [0.15, 0.2) is 0 Å². The van der Waals surface area contributed by atoms with Crippen molar-refractivity contribution in [2.75, 3.05) is 46.9 Å². The van der Waals surface area contributed by atoms with E-state index in [1.807, 2.05) is 13.8 Å². The van der Waals surface area contributed by atoms with Gasteiger partial charge in [-0.2, -0.15) is 0 Å². The molecule has 1 heterocycles. The number of methoxy groups -OCH3 is 1. The van der Waals surface area contributed by atoms with Crippen LogP contribution in [0.25, 0.3) is 0 Å². The fourth-order valence-electron chi connectivity index (χ4n) is 3.00. The molecule has 0 aliphatic carbocycles. The highest BCUT2D eigenvalue weighted by molar-refractivity contribution is 5.80. The van der Waals surface area contributed by atoms with Crippen LogP contribution in [0.15, 0.2) is 0 Å². The summed E-state index contributed by atoms with van der Waals surface area (Å²) < 4.78 is 4.95. The van der Waals surface area contributed by atoms with E-state index in [0.717, 1.165) is 39.1 Å². The molecule has 0 amide bonds. The van der Waals surface area contributed by atoms with E-state index in [9.17, 15) is 4.79 Å². The van der Waals surface area contributed by atoms with Crippen LogP contribution in [0.4, 0.5) is 0 Å². The summed E-state index contributed by atoms with van der Waals surface area (Å²) in [4.78, 5) is 16.9. The van der Waals surface area contributed by atoms with Crippen molar-refractivity contribution < 1.29 is 9.53 Å². The maximum atomic E-state index is 12.0. The number of rotatable bonds is 6. The summed E-state index contributed by atoms with van der Waals surface area (Å²) in [5, 5.41) is 3.28. The summed E-state index contributed by atoms with van der Waals surface area (Å²) in [7, 11) is 3.64. The lowest BCUT2D eigenvalue weighted by Crippen LogP contribution is -2.52. The van der Waals surface area contributed by atoms with E-state index in [-0.39, 0.29) is 5.97 Å². The minimum absolute atomic E-state index is 0.168. The van der Waals surface area contributed by atoms with Gasteiger partial charge in [-0.1, -0.05) is 6.92 Å². The Morgan fingerprint density at radius 2 is 2.15 bits per heavy atom. The van der Waals surface area contributed by atoms with Crippen molar-refractivity contribution in [2.45, 2.75) is 45.2 Å². The molecule has 0 saturated carbocycles. The number of ether oxygens (including phenoxy) is 1. The summed E-state index contributed by atoms with van der Waals surface area (Å²) in [6.07, 6.45) is 1.97. The van der Waals surface area contributed by atoms with Gasteiger partial charge in [-0.15, -0.1) is 0 Å². The van der Waals surface area contributed by atoms with Crippen molar-refractivity contribution in [3.05, 3.63) is 0 Å². The largest absolute Gasteiger partial charge is 0.468 e. The number of esters is 1. The normalized spacial score (nSPS) is 24.9. The lowest BCUT2D eigenvalue weighted by molar-refractivity contribution is -0.148. The van der Waals surface area contributed by atoms with Crippen LogP contribution in [-0.2, 0) is 9.53 Å². The molecule has 1 saturated heterocycles. The van der Waals surface area contributed by atoms with Gasteiger partial charge in [-0.25, -0.2) is 0 Å². The van der Waals surface area contributed by atoms with Gasteiger partial charge in [0.1, 0.15) is 5.54 Å². The average Bonchev–Trinajstić information content (AvgIpc) is 2.56. The number of hydrogen-bond acceptors (Lipinski definition) is 5. The van der Waals surface area contributed by atoms with Gasteiger partial charge in [-0.3, -0.25) is 9.69 Å². The third kappa shape index (κ3) is 4.72. The minimum Gasteiger partial charge on any atom is -0.468 e. The second kappa shape index (κ2) is 7.96. The van der Waals surface area contributed by atoms with Gasteiger partial charge >= 0.3 is 5.97 Å². The van der Waals surface area contributed by atoms with Crippen molar-refractivity contribution in [1.29, 1.82) is 0 Å². The third-order valence-electron chi connectivity index (χ3n) is 4.29. The van der Waals surface area contributed by atoms with Crippen LogP contribution in [0.1, 0.15) is 33.6 Å². The predicted molar refractivity (Wildman–Crippen MR) is 81.9 cm³/mol. The number of hydrogen-bond donors (Lipinski definition) is 1. The summed E-state index contributed by atoms with van der Waals surface area (Å²) in [5.74, 6) is -0.168. The quantitative estimate of drug-likeness (QED) is 0.736. The van der Waals surface area contributed by atoms with E-state index < -0.39 is 5.54 Å². The highest BCUT2D eigenvalue weighted by atomic mass is 16.5. The lowest BCUT2D eigenvalue weighted by atomic mass is 9.97. The first-order valence-corrected chi connectivity index (χ1v) is 7.69. The molecule has 20 heavy (non-hydrogen) atoms. The minimum atomic E-state index is -0.582. The van der Waals surface area contributed by atoms with Crippen LogP contribution >= 0.6 is 0 Å². The first-order valence-electron chi connectivity index (χ1n) is 7.69. The molecule has 5 heteroatoms. The molecule has 0 radical (unpaired) electrons. The van der Waals surface area contributed by atoms with Gasteiger partial charge in [-0.05, 0) is 53.4 Å². The van der Waals surface area contributed by atoms with E-state index in [1.165, 1.54) is 13.5 Å². The van der Waals surface area contributed by atoms with Crippen molar-refractivity contribution in [2.24, 2.45) is 0 Å². The highest BCUT2D eigenvalue weighted by Crippen LogP contribution is 2.16. The second-order valence-electron chi connectivity index (χ2n) is 6.10. The molecule has 1 rings (SSSR count). The van der Waals surface area contributed by atoms with Crippen molar-refractivity contribution in [1.82, 2.24) is 15.1 Å². The standard InChI is InChI=1S/C15H31N3O2/c1-6-16-15(3,14(19)20-5)8-11-18-10-7-9-17(4)12-13(18)2/h13,16H,6-12H2,1-5H3. The second-order valence-corrected chi connectivity index (χ2v) is 6.10. The molecule has 1 N–H and O–H groups in total. The maximum Gasteiger partial charge on any atom is 0.325 e. The van der Waals surface area contributed by atoms with Gasteiger partial charge in [0, 0.05) is 19.1 Å². The Hall–Kier alpha value is -0.650. The van der Waals surface area contributed by atoms with E-state index in [0.29, 0.717) is 6.04 Å². The Labute approximate surface area is 123 Å². The van der Waals surface area contributed by atoms with Gasteiger partial charge in [0.25, 0.3) is 0 Å². The zero-order chi connectivity index (χ0) is 15.2. The molecule has 0 bridgehead atoms. The molecule has 2 atom stereocenters. The Morgan fingerprint density at radius 1 is 1.45 bits per heavy atom. The van der Waals surface area contributed by atoms with Crippen LogP contribution in [0.2, 0.25) is 0 Å². The zero-order valence-electron chi connectivity index (χ0n) is 13.7. The Morgan fingerprint density at radius 3 is 2.75 bits per heavy atom. The van der Waals surface area contributed by atoms with Crippen LogP contribution in [0, 0.1) is 0 Å². The summed E-state index contributed by atoms with van der Waals surface area (Å²) in [6, 6.07) is 0.533. The summed E-state index contributed by atoms with van der Waals surface area (Å²) in [6.45, 7) is 11.3. The summed E-state index contributed by atoms with van der Waals surface area (Å²) >= 11 is 0. The molecule has 1 aliphatic rings. The highest BCUT2D eigenvalue weighted by Gasteiger charge is 2.34. The van der Waals surface area contributed by atoms with Crippen molar-refractivity contribution >= 4 is 5.97 Å². The number of carbonyl (C=O) groups excluding carboxylic acids is 1. The van der Waals surface area contributed by atoms with Crippen molar-refractivity contribution in [3.63, 3.8) is 0 Å². The predicted octanol–water partition coefficient (Wildman–Crippen LogP) is 0.944. The zero-order valence-corrected chi connectivity index (χ0v) is 13.7. The van der Waals surface area contributed by atoms with Crippen LogP contribution in [0.3, 0.4) is 0 Å². The maximum absolute atomic E-state index is 12.0. The molecule has 0 spiro atoms. The third-order valence-corrected chi connectivity index (χ3v) is 4.29. The van der Waals surface area contributed by atoms with E-state index in [2.05, 4.69) is 29.1 Å². The average molecular weight is 285 g/mol. The SMILES string of the molecule is CCNC(C)(CCN1CCCN(C)CC1C)C(=O)OC. The molecule has 1 fully saturated rings. The number of carbonyl (C=O) groups is 1. The van der Waals surface area contributed by atoms with Gasteiger partial charge in [0.2, 0.25) is 0 Å². The molecule has 0 aromatic heterocycles. The first kappa shape index (κ1) is 17.4. The molecule has 1 aliphatic heterocycles. The molecule has 118 valence electrons. The van der Waals surface area contributed by atoms with Crippen LogP contribution in [-0.4, -0.2) is 74.2 Å². The molecular weight excluding hydrogens is 254 g/mol. The number of nitrogens with one attached hydrogen (secondary N) is 1. The molecular formula is C15H31N3O2. The van der Waals surface area contributed by atoms with E-state index >= 15 is 0 Å². The molecule has 2 unspecified atom stereocenters.